The van der Waals surface area contributed by atoms with Crippen molar-refractivity contribution >= 4 is 11.6 Å². The van der Waals surface area contributed by atoms with Gasteiger partial charge in [0.05, 0.1) is 6.42 Å². The highest BCUT2D eigenvalue weighted by Gasteiger charge is 2.30. The SMILES string of the molecule is O=C1CC(=O)c2cc(Oc3ccc(F)cc3)c(Oc3ccc(F)cc3)cc21. The number of ketones is 2. The van der Waals surface area contributed by atoms with Crippen molar-refractivity contribution in [1.29, 1.82) is 0 Å². The molecule has 3 aromatic rings. The number of fused-ring (bicyclic) bond motifs is 1. The first-order valence-electron chi connectivity index (χ1n) is 8.11. The first-order valence-corrected chi connectivity index (χ1v) is 8.11. The molecule has 27 heavy (non-hydrogen) atoms. The summed E-state index contributed by atoms with van der Waals surface area (Å²) in [7, 11) is 0. The van der Waals surface area contributed by atoms with Crippen molar-refractivity contribution in [2.24, 2.45) is 0 Å². The van der Waals surface area contributed by atoms with Crippen molar-refractivity contribution < 1.29 is 27.8 Å². The first kappa shape index (κ1) is 16.9. The zero-order chi connectivity index (χ0) is 19.0. The highest BCUT2D eigenvalue weighted by molar-refractivity contribution is 6.24. The van der Waals surface area contributed by atoms with E-state index in [0.717, 1.165) is 0 Å². The predicted molar refractivity (Wildman–Crippen MR) is 92.7 cm³/mol. The third-order valence-electron chi connectivity index (χ3n) is 4.09. The summed E-state index contributed by atoms with van der Waals surface area (Å²) >= 11 is 0. The monoisotopic (exact) mass is 366 g/mol. The van der Waals surface area contributed by atoms with Gasteiger partial charge in [0.1, 0.15) is 23.1 Å². The van der Waals surface area contributed by atoms with Crippen molar-refractivity contribution in [2.75, 3.05) is 0 Å². The number of hydrogen-bond acceptors (Lipinski definition) is 4. The van der Waals surface area contributed by atoms with Crippen LogP contribution >= 0.6 is 0 Å². The lowest BCUT2D eigenvalue weighted by atomic mass is 10.1. The maximum Gasteiger partial charge on any atom is 0.171 e. The van der Waals surface area contributed by atoms with Crippen molar-refractivity contribution in [2.45, 2.75) is 6.42 Å². The number of hydrogen-bond donors (Lipinski definition) is 0. The van der Waals surface area contributed by atoms with Gasteiger partial charge in [-0.3, -0.25) is 9.59 Å². The fraction of sp³-hybridized carbons (Fsp3) is 0.0476. The normalized spacial score (nSPS) is 12.8. The number of carbonyl (C=O) groups excluding carboxylic acids is 2. The Morgan fingerprint density at radius 1 is 0.630 bits per heavy atom. The van der Waals surface area contributed by atoms with Crippen LogP contribution in [0.3, 0.4) is 0 Å². The summed E-state index contributed by atoms with van der Waals surface area (Å²) < 4.78 is 37.7. The molecule has 0 unspecified atom stereocenters. The van der Waals surface area contributed by atoms with E-state index in [4.69, 9.17) is 9.47 Å². The van der Waals surface area contributed by atoms with Crippen LogP contribution in [0.15, 0.2) is 60.7 Å². The van der Waals surface area contributed by atoms with Crippen molar-refractivity contribution in [3.8, 4) is 23.0 Å². The van der Waals surface area contributed by atoms with Gasteiger partial charge in [-0.05, 0) is 60.7 Å². The summed E-state index contributed by atoms with van der Waals surface area (Å²) in [6.45, 7) is 0. The van der Waals surface area contributed by atoms with Gasteiger partial charge in [0.25, 0.3) is 0 Å². The van der Waals surface area contributed by atoms with Crippen molar-refractivity contribution in [1.82, 2.24) is 0 Å². The number of ether oxygens (including phenoxy) is 2. The molecule has 0 saturated heterocycles. The quantitative estimate of drug-likeness (QED) is 0.587. The van der Waals surface area contributed by atoms with E-state index in [1.165, 1.54) is 60.7 Å². The third kappa shape index (κ3) is 3.42. The largest absolute Gasteiger partial charge is 0.453 e. The lowest BCUT2D eigenvalue weighted by Crippen LogP contribution is -1.97. The smallest absolute Gasteiger partial charge is 0.171 e. The van der Waals surface area contributed by atoms with Crippen LogP contribution < -0.4 is 9.47 Å². The minimum absolute atomic E-state index is 0.188. The molecule has 4 nitrogen and oxygen atoms in total. The topological polar surface area (TPSA) is 52.6 Å². The van der Waals surface area contributed by atoms with Crippen LogP contribution in [0, 0.1) is 11.6 Å². The summed E-state index contributed by atoms with van der Waals surface area (Å²) in [4.78, 5) is 24.0. The summed E-state index contributed by atoms with van der Waals surface area (Å²) in [5, 5.41) is 0. The molecule has 134 valence electrons. The van der Waals surface area contributed by atoms with Gasteiger partial charge in [-0.25, -0.2) is 8.78 Å². The molecule has 0 spiro atoms. The van der Waals surface area contributed by atoms with E-state index in [0.29, 0.717) is 11.5 Å². The van der Waals surface area contributed by atoms with Gasteiger partial charge < -0.3 is 9.47 Å². The standard InChI is InChI=1S/C21H12F2O4/c22-12-1-5-14(6-2-12)26-20-9-16-17(19(25)11-18(16)24)10-21(20)27-15-7-3-13(23)4-8-15/h1-10H,11H2. The molecular formula is C21H12F2O4. The van der Waals surface area contributed by atoms with Gasteiger partial charge in [-0.15, -0.1) is 0 Å². The Kier molecular flexibility index (Phi) is 4.16. The molecule has 3 aromatic carbocycles. The molecule has 1 aliphatic rings. The number of rotatable bonds is 4. The molecule has 4 rings (SSSR count). The summed E-state index contributed by atoms with van der Waals surface area (Å²) in [6, 6.07) is 13.5. The van der Waals surface area contributed by atoms with Gasteiger partial charge in [0, 0.05) is 11.1 Å². The number of Topliss-reactive ketones (excluding diaryl/α,β-unsaturated/α-hetero) is 2. The molecule has 0 radical (unpaired) electrons. The predicted octanol–water partition coefficient (Wildman–Crippen LogP) is 5.32. The Balaban J connectivity index is 1.76. The molecule has 0 N–H and O–H groups in total. The molecule has 0 fully saturated rings. The molecule has 0 atom stereocenters. The minimum Gasteiger partial charge on any atom is -0.453 e. The Labute approximate surface area is 153 Å². The third-order valence-corrected chi connectivity index (χ3v) is 4.09. The summed E-state index contributed by atoms with van der Waals surface area (Å²) in [5.41, 5.74) is 0.507. The molecule has 1 aliphatic carbocycles. The van der Waals surface area contributed by atoms with Crippen LogP contribution in [0.25, 0.3) is 0 Å². The average molecular weight is 366 g/mol. The van der Waals surface area contributed by atoms with Crippen molar-refractivity contribution in [3.05, 3.63) is 83.4 Å². The van der Waals surface area contributed by atoms with E-state index in [2.05, 4.69) is 0 Å². The fourth-order valence-electron chi connectivity index (χ4n) is 2.78. The van der Waals surface area contributed by atoms with Crippen LogP contribution in [-0.2, 0) is 0 Å². The number of benzene rings is 3. The molecule has 0 amide bonds. The molecule has 0 heterocycles. The second-order valence-corrected chi connectivity index (χ2v) is 5.98. The van der Waals surface area contributed by atoms with E-state index in [1.54, 1.807) is 0 Å². The van der Waals surface area contributed by atoms with Gasteiger partial charge in [-0.2, -0.15) is 0 Å². The minimum atomic E-state index is -0.417. The second kappa shape index (κ2) is 6.64. The van der Waals surface area contributed by atoms with E-state index in [1.807, 2.05) is 0 Å². The molecule has 0 saturated carbocycles. The van der Waals surface area contributed by atoms with Crippen LogP contribution in [-0.4, -0.2) is 11.6 Å². The Hall–Kier alpha value is -3.54. The fourth-order valence-corrected chi connectivity index (χ4v) is 2.78. The lowest BCUT2D eigenvalue weighted by Gasteiger charge is -2.14. The maximum absolute atomic E-state index is 13.1. The first-order chi connectivity index (χ1) is 13.0. The summed E-state index contributed by atoms with van der Waals surface area (Å²) in [5.74, 6) is -0.395. The Bertz CT molecular complexity index is 957. The highest BCUT2D eigenvalue weighted by atomic mass is 19.1. The maximum atomic E-state index is 13.1. The van der Waals surface area contributed by atoms with E-state index >= 15 is 0 Å². The summed E-state index contributed by atoms with van der Waals surface area (Å²) in [6.07, 6.45) is -0.203. The highest BCUT2D eigenvalue weighted by Crippen LogP contribution is 2.39. The van der Waals surface area contributed by atoms with Gasteiger partial charge in [-0.1, -0.05) is 0 Å². The molecule has 6 heteroatoms. The second-order valence-electron chi connectivity index (χ2n) is 5.98. The van der Waals surface area contributed by atoms with Gasteiger partial charge in [0.2, 0.25) is 0 Å². The molecular weight excluding hydrogens is 354 g/mol. The van der Waals surface area contributed by atoms with Crippen LogP contribution in [0.5, 0.6) is 23.0 Å². The van der Waals surface area contributed by atoms with Crippen LogP contribution in [0.1, 0.15) is 27.1 Å². The van der Waals surface area contributed by atoms with E-state index in [9.17, 15) is 18.4 Å². The van der Waals surface area contributed by atoms with Crippen molar-refractivity contribution in [3.63, 3.8) is 0 Å². The lowest BCUT2D eigenvalue weighted by molar-refractivity contribution is 0.0923. The van der Waals surface area contributed by atoms with E-state index in [-0.39, 0.29) is 40.6 Å². The Morgan fingerprint density at radius 3 is 1.37 bits per heavy atom. The number of carbonyl (C=O) groups is 2. The molecule has 0 aliphatic heterocycles. The van der Waals surface area contributed by atoms with Gasteiger partial charge in [0.15, 0.2) is 23.1 Å². The average Bonchev–Trinajstić information content (AvgIpc) is 2.92. The molecule has 0 bridgehead atoms. The number of halogens is 2. The van der Waals surface area contributed by atoms with Crippen LogP contribution in [0.4, 0.5) is 8.78 Å². The van der Waals surface area contributed by atoms with Gasteiger partial charge >= 0.3 is 0 Å². The zero-order valence-corrected chi connectivity index (χ0v) is 13.9. The Morgan fingerprint density at radius 2 is 1.00 bits per heavy atom. The molecule has 0 aromatic heterocycles. The van der Waals surface area contributed by atoms with Crippen LogP contribution in [0.2, 0.25) is 0 Å². The zero-order valence-electron chi connectivity index (χ0n) is 13.9. The van der Waals surface area contributed by atoms with E-state index < -0.39 is 11.6 Å².